The van der Waals surface area contributed by atoms with E-state index in [0.717, 1.165) is 28.0 Å². The molecule has 20 heavy (non-hydrogen) atoms. The van der Waals surface area contributed by atoms with Crippen molar-refractivity contribution in [3.8, 4) is 16.9 Å². The predicted octanol–water partition coefficient (Wildman–Crippen LogP) is 4.11. The number of carbonyl (C=O) groups excluding carboxylic acids is 1. The monoisotopic (exact) mass is 268 g/mol. The standard InChI is InChI=1S/C18H20O2/c1-12-5-10-17(18(20-4)14(12)3)16-8-6-15(7-9-16)11-13(2)19/h5-10H,11H2,1-4H3. The summed E-state index contributed by atoms with van der Waals surface area (Å²) in [5, 5.41) is 0. The van der Waals surface area contributed by atoms with E-state index >= 15 is 0 Å². The van der Waals surface area contributed by atoms with Gasteiger partial charge in [-0.15, -0.1) is 0 Å². The summed E-state index contributed by atoms with van der Waals surface area (Å²) in [7, 11) is 1.70. The number of carbonyl (C=O) groups is 1. The van der Waals surface area contributed by atoms with Crippen molar-refractivity contribution in [1.29, 1.82) is 0 Å². The molecule has 0 unspecified atom stereocenters. The summed E-state index contributed by atoms with van der Waals surface area (Å²) in [4.78, 5) is 11.1. The highest BCUT2D eigenvalue weighted by atomic mass is 16.5. The topological polar surface area (TPSA) is 26.3 Å². The van der Waals surface area contributed by atoms with E-state index < -0.39 is 0 Å². The summed E-state index contributed by atoms with van der Waals surface area (Å²) in [6, 6.07) is 12.3. The van der Waals surface area contributed by atoms with Gasteiger partial charge in [-0.1, -0.05) is 36.4 Å². The largest absolute Gasteiger partial charge is 0.496 e. The van der Waals surface area contributed by atoms with Gasteiger partial charge in [-0.05, 0) is 43.0 Å². The van der Waals surface area contributed by atoms with Crippen molar-refractivity contribution in [3.05, 3.63) is 53.1 Å². The van der Waals surface area contributed by atoms with Gasteiger partial charge in [-0.25, -0.2) is 0 Å². The Morgan fingerprint density at radius 1 is 1.05 bits per heavy atom. The maximum absolute atomic E-state index is 11.1. The lowest BCUT2D eigenvalue weighted by Crippen LogP contribution is -1.96. The molecule has 2 heteroatoms. The van der Waals surface area contributed by atoms with Crippen molar-refractivity contribution in [2.45, 2.75) is 27.2 Å². The molecule has 0 aliphatic heterocycles. The van der Waals surface area contributed by atoms with Crippen LogP contribution in [0.1, 0.15) is 23.6 Å². The first kappa shape index (κ1) is 14.3. The Morgan fingerprint density at radius 2 is 1.70 bits per heavy atom. The van der Waals surface area contributed by atoms with Crippen LogP contribution in [0.2, 0.25) is 0 Å². The Morgan fingerprint density at radius 3 is 2.25 bits per heavy atom. The normalized spacial score (nSPS) is 10.4. The molecule has 0 amide bonds. The van der Waals surface area contributed by atoms with E-state index in [1.807, 2.05) is 24.3 Å². The number of hydrogen-bond donors (Lipinski definition) is 0. The number of Topliss-reactive ketones (excluding diaryl/α,β-unsaturated/α-hetero) is 1. The minimum absolute atomic E-state index is 0.182. The molecule has 0 N–H and O–H groups in total. The molecule has 2 rings (SSSR count). The van der Waals surface area contributed by atoms with Crippen LogP contribution in [0.25, 0.3) is 11.1 Å². The van der Waals surface area contributed by atoms with Crippen LogP contribution in [0, 0.1) is 13.8 Å². The van der Waals surface area contributed by atoms with E-state index in [9.17, 15) is 4.79 Å². The fraction of sp³-hybridized carbons (Fsp3) is 0.278. The summed E-state index contributed by atoms with van der Waals surface area (Å²) >= 11 is 0. The summed E-state index contributed by atoms with van der Waals surface area (Å²) in [6.45, 7) is 5.76. The highest BCUT2D eigenvalue weighted by molar-refractivity contribution is 5.79. The molecule has 0 saturated heterocycles. The molecule has 0 bridgehead atoms. The summed E-state index contributed by atoms with van der Waals surface area (Å²) in [5.74, 6) is 1.10. The number of ketones is 1. The van der Waals surface area contributed by atoms with E-state index in [0.29, 0.717) is 6.42 Å². The Kier molecular flexibility index (Phi) is 4.23. The Hall–Kier alpha value is -2.09. The molecule has 2 aromatic carbocycles. The maximum Gasteiger partial charge on any atom is 0.134 e. The van der Waals surface area contributed by atoms with Gasteiger partial charge >= 0.3 is 0 Å². The van der Waals surface area contributed by atoms with Crippen molar-refractivity contribution in [1.82, 2.24) is 0 Å². The van der Waals surface area contributed by atoms with E-state index in [1.54, 1.807) is 14.0 Å². The molecule has 104 valence electrons. The first-order chi connectivity index (χ1) is 9.52. The summed E-state index contributed by atoms with van der Waals surface area (Å²) in [5.41, 5.74) is 5.63. The first-order valence-electron chi connectivity index (χ1n) is 6.76. The van der Waals surface area contributed by atoms with Crippen molar-refractivity contribution in [2.24, 2.45) is 0 Å². The second-order valence-corrected chi connectivity index (χ2v) is 5.16. The third-order valence-corrected chi connectivity index (χ3v) is 3.60. The minimum atomic E-state index is 0.182. The summed E-state index contributed by atoms with van der Waals surface area (Å²) < 4.78 is 5.55. The molecule has 0 atom stereocenters. The number of benzene rings is 2. The van der Waals surface area contributed by atoms with Crippen LogP contribution in [0.5, 0.6) is 5.75 Å². The van der Waals surface area contributed by atoms with E-state index in [-0.39, 0.29) is 5.78 Å². The van der Waals surface area contributed by atoms with Gasteiger partial charge in [-0.3, -0.25) is 4.79 Å². The highest BCUT2D eigenvalue weighted by Gasteiger charge is 2.10. The van der Waals surface area contributed by atoms with Crippen LogP contribution in [-0.2, 0) is 11.2 Å². The summed E-state index contributed by atoms with van der Waals surface area (Å²) in [6.07, 6.45) is 0.490. The number of methoxy groups -OCH3 is 1. The van der Waals surface area contributed by atoms with E-state index in [2.05, 4.69) is 26.0 Å². The molecular weight excluding hydrogens is 248 g/mol. The molecule has 0 aliphatic rings. The second kappa shape index (κ2) is 5.91. The van der Waals surface area contributed by atoms with Gasteiger partial charge < -0.3 is 4.74 Å². The van der Waals surface area contributed by atoms with Crippen LogP contribution >= 0.6 is 0 Å². The molecule has 0 spiro atoms. The van der Waals surface area contributed by atoms with Crippen LogP contribution < -0.4 is 4.74 Å². The maximum atomic E-state index is 11.1. The lowest BCUT2D eigenvalue weighted by molar-refractivity contribution is -0.116. The minimum Gasteiger partial charge on any atom is -0.496 e. The quantitative estimate of drug-likeness (QED) is 0.834. The Balaban J connectivity index is 2.41. The number of rotatable bonds is 4. The predicted molar refractivity (Wildman–Crippen MR) is 82.3 cm³/mol. The van der Waals surface area contributed by atoms with Crippen molar-refractivity contribution >= 4 is 5.78 Å². The molecule has 0 heterocycles. The molecule has 0 fully saturated rings. The molecular formula is C18H20O2. The molecule has 0 aromatic heterocycles. The van der Waals surface area contributed by atoms with Crippen molar-refractivity contribution < 1.29 is 9.53 Å². The molecule has 2 nitrogen and oxygen atoms in total. The smallest absolute Gasteiger partial charge is 0.134 e. The molecule has 0 saturated carbocycles. The zero-order valence-electron chi connectivity index (χ0n) is 12.5. The van der Waals surface area contributed by atoms with Crippen LogP contribution in [0.15, 0.2) is 36.4 Å². The van der Waals surface area contributed by atoms with Gasteiger partial charge in [0.1, 0.15) is 11.5 Å². The zero-order valence-corrected chi connectivity index (χ0v) is 12.5. The molecule has 2 aromatic rings. The van der Waals surface area contributed by atoms with E-state index in [1.165, 1.54) is 5.56 Å². The van der Waals surface area contributed by atoms with Gasteiger partial charge in [-0.2, -0.15) is 0 Å². The third kappa shape index (κ3) is 2.90. The lowest BCUT2D eigenvalue weighted by atomic mass is 9.97. The van der Waals surface area contributed by atoms with Gasteiger partial charge in [0, 0.05) is 12.0 Å². The van der Waals surface area contributed by atoms with Crippen LogP contribution in [-0.4, -0.2) is 12.9 Å². The Labute approximate surface area is 120 Å². The van der Waals surface area contributed by atoms with Gasteiger partial charge in [0.05, 0.1) is 7.11 Å². The fourth-order valence-electron chi connectivity index (χ4n) is 2.37. The van der Waals surface area contributed by atoms with E-state index in [4.69, 9.17) is 4.74 Å². The van der Waals surface area contributed by atoms with Gasteiger partial charge in [0.25, 0.3) is 0 Å². The van der Waals surface area contributed by atoms with Gasteiger partial charge in [0.15, 0.2) is 0 Å². The molecule has 0 radical (unpaired) electrons. The first-order valence-corrected chi connectivity index (χ1v) is 6.76. The van der Waals surface area contributed by atoms with Crippen molar-refractivity contribution in [2.75, 3.05) is 7.11 Å². The highest BCUT2D eigenvalue weighted by Crippen LogP contribution is 2.34. The average Bonchev–Trinajstić information content (AvgIpc) is 2.42. The van der Waals surface area contributed by atoms with Crippen molar-refractivity contribution in [3.63, 3.8) is 0 Å². The molecule has 0 aliphatic carbocycles. The third-order valence-electron chi connectivity index (χ3n) is 3.60. The number of ether oxygens (including phenoxy) is 1. The van der Waals surface area contributed by atoms with Crippen LogP contribution in [0.4, 0.5) is 0 Å². The number of hydrogen-bond acceptors (Lipinski definition) is 2. The Bertz CT molecular complexity index is 625. The number of aryl methyl sites for hydroxylation is 1. The second-order valence-electron chi connectivity index (χ2n) is 5.16. The van der Waals surface area contributed by atoms with Crippen LogP contribution in [0.3, 0.4) is 0 Å². The zero-order chi connectivity index (χ0) is 14.7. The van der Waals surface area contributed by atoms with Gasteiger partial charge in [0.2, 0.25) is 0 Å². The SMILES string of the molecule is COc1c(-c2ccc(CC(C)=O)cc2)ccc(C)c1C. The average molecular weight is 268 g/mol. The fourth-order valence-corrected chi connectivity index (χ4v) is 2.37. The lowest BCUT2D eigenvalue weighted by Gasteiger charge is -2.14.